The highest BCUT2D eigenvalue weighted by Crippen LogP contribution is 2.17. The molecule has 1 aliphatic heterocycles. The van der Waals surface area contributed by atoms with Crippen molar-refractivity contribution in [2.24, 2.45) is 0 Å². The SMILES string of the molecule is Cc1nc(N)ccc1[C@@H]1CNCCN1. The summed E-state index contributed by atoms with van der Waals surface area (Å²) in [5.74, 6) is 0.593. The minimum absolute atomic E-state index is 0.372. The van der Waals surface area contributed by atoms with Crippen molar-refractivity contribution in [1.29, 1.82) is 0 Å². The monoisotopic (exact) mass is 192 g/mol. The van der Waals surface area contributed by atoms with E-state index in [1.807, 2.05) is 13.0 Å². The van der Waals surface area contributed by atoms with Crippen LogP contribution in [0.2, 0.25) is 0 Å². The number of rotatable bonds is 1. The van der Waals surface area contributed by atoms with Crippen LogP contribution in [0.25, 0.3) is 0 Å². The minimum Gasteiger partial charge on any atom is -0.384 e. The van der Waals surface area contributed by atoms with Gasteiger partial charge >= 0.3 is 0 Å². The number of hydrogen-bond donors (Lipinski definition) is 3. The van der Waals surface area contributed by atoms with Crippen molar-refractivity contribution in [3.05, 3.63) is 23.4 Å². The van der Waals surface area contributed by atoms with Crippen LogP contribution in [0.1, 0.15) is 17.3 Å². The molecule has 2 rings (SSSR count). The number of nitrogens with zero attached hydrogens (tertiary/aromatic N) is 1. The molecular formula is C10H16N4. The molecule has 0 bridgehead atoms. The van der Waals surface area contributed by atoms with Gasteiger partial charge in [0.05, 0.1) is 0 Å². The van der Waals surface area contributed by atoms with E-state index >= 15 is 0 Å². The molecule has 1 aliphatic rings. The van der Waals surface area contributed by atoms with E-state index in [0.717, 1.165) is 25.3 Å². The molecule has 0 saturated carbocycles. The Morgan fingerprint density at radius 1 is 1.43 bits per heavy atom. The molecule has 0 unspecified atom stereocenters. The molecule has 0 amide bonds. The van der Waals surface area contributed by atoms with Crippen molar-refractivity contribution in [1.82, 2.24) is 15.6 Å². The topological polar surface area (TPSA) is 63.0 Å². The summed E-state index contributed by atoms with van der Waals surface area (Å²) < 4.78 is 0. The highest BCUT2D eigenvalue weighted by atomic mass is 15.1. The van der Waals surface area contributed by atoms with Gasteiger partial charge in [-0.15, -0.1) is 0 Å². The molecule has 4 heteroatoms. The van der Waals surface area contributed by atoms with Gasteiger partial charge in [0.2, 0.25) is 0 Å². The van der Waals surface area contributed by atoms with Crippen LogP contribution in [0.4, 0.5) is 5.82 Å². The van der Waals surface area contributed by atoms with Gasteiger partial charge in [-0.1, -0.05) is 6.07 Å². The first-order valence-electron chi connectivity index (χ1n) is 4.94. The smallest absolute Gasteiger partial charge is 0.123 e. The number of pyridine rings is 1. The summed E-state index contributed by atoms with van der Waals surface area (Å²) in [6.07, 6.45) is 0. The van der Waals surface area contributed by atoms with Crippen molar-refractivity contribution < 1.29 is 0 Å². The highest BCUT2D eigenvalue weighted by Gasteiger charge is 2.16. The first-order valence-corrected chi connectivity index (χ1v) is 4.94. The molecule has 1 aromatic heterocycles. The van der Waals surface area contributed by atoms with E-state index in [9.17, 15) is 0 Å². The number of nitrogen functional groups attached to an aromatic ring is 1. The van der Waals surface area contributed by atoms with Crippen LogP contribution in [0.5, 0.6) is 0 Å². The number of aromatic nitrogens is 1. The Kier molecular flexibility index (Phi) is 2.65. The fourth-order valence-electron chi connectivity index (χ4n) is 1.83. The molecule has 14 heavy (non-hydrogen) atoms. The van der Waals surface area contributed by atoms with Crippen LogP contribution >= 0.6 is 0 Å². The number of nitrogens with two attached hydrogens (primary N) is 1. The zero-order chi connectivity index (χ0) is 9.97. The molecule has 0 radical (unpaired) electrons. The third kappa shape index (κ3) is 1.86. The van der Waals surface area contributed by atoms with Crippen LogP contribution in [-0.4, -0.2) is 24.6 Å². The molecule has 4 N–H and O–H groups in total. The minimum atomic E-state index is 0.372. The molecule has 1 fully saturated rings. The zero-order valence-corrected chi connectivity index (χ0v) is 8.38. The summed E-state index contributed by atoms with van der Waals surface area (Å²) in [5.41, 5.74) is 7.87. The first kappa shape index (κ1) is 9.43. The second-order valence-electron chi connectivity index (χ2n) is 3.62. The number of anilines is 1. The van der Waals surface area contributed by atoms with E-state index in [-0.39, 0.29) is 0 Å². The van der Waals surface area contributed by atoms with Gasteiger partial charge < -0.3 is 16.4 Å². The Morgan fingerprint density at radius 2 is 2.29 bits per heavy atom. The molecule has 4 nitrogen and oxygen atoms in total. The predicted molar refractivity (Wildman–Crippen MR) is 57.0 cm³/mol. The zero-order valence-electron chi connectivity index (χ0n) is 8.38. The van der Waals surface area contributed by atoms with Crippen molar-refractivity contribution in [3.8, 4) is 0 Å². The second kappa shape index (κ2) is 3.94. The van der Waals surface area contributed by atoms with Gasteiger partial charge in [0.1, 0.15) is 5.82 Å². The Bertz CT molecular complexity index is 318. The lowest BCUT2D eigenvalue weighted by Gasteiger charge is -2.25. The molecule has 0 aliphatic carbocycles. The maximum Gasteiger partial charge on any atom is 0.123 e. The van der Waals surface area contributed by atoms with Crippen LogP contribution in [0.15, 0.2) is 12.1 Å². The predicted octanol–water partition coefficient (Wildman–Crippen LogP) is 0.206. The summed E-state index contributed by atoms with van der Waals surface area (Å²) in [4.78, 5) is 4.26. The molecule has 0 spiro atoms. The number of piperazine rings is 1. The van der Waals surface area contributed by atoms with E-state index in [1.54, 1.807) is 0 Å². The van der Waals surface area contributed by atoms with Gasteiger partial charge in [0, 0.05) is 31.4 Å². The van der Waals surface area contributed by atoms with Gasteiger partial charge in [-0.3, -0.25) is 0 Å². The molecule has 1 atom stereocenters. The molecule has 0 aromatic carbocycles. The Balaban J connectivity index is 2.22. The lowest BCUT2D eigenvalue weighted by atomic mass is 10.0. The average molecular weight is 192 g/mol. The highest BCUT2D eigenvalue weighted by molar-refractivity contribution is 5.35. The molecule has 1 aromatic rings. The van der Waals surface area contributed by atoms with Crippen LogP contribution in [-0.2, 0) is 0 Å². The normalized spacial score (nSPS) is 22.2. The lowest BCUT2D eigenvalue weighted by Crippen LogP contribution is -2.42. The van der Waals surface area contributed by atoms with Crippen molar-refractivity contribution in [3.63, 3.8) is 0 Å². The van der Waals surface area contributed by atoms with Gasteiger partial charge in [-0.25, -0.2) is 4.98 Å². The maximum absolute atomic E-state index is 5.61. The number of nitrogens with one attached hydrogen (secondary N) is 2. The van der Waals surface area contributed by atoms with Crippen molar-refractivity contribution in [2.45, 2.75) is 13.0 Å². The maximum atomic E-state index is 5.61. The molecule has 2 heterocycles. The van der Waals surface area contributed by atoms with E-state index in [0.29, 0.717) is 11.9 Å². The number of hydrogen-bond acceptors (Lipinski definition) is 4. The third-order valence-corrected chi connectivity index (χ3v) is 2.56. The Labute approximate surface area is 83.9 Å². The van der Waals surface area contributed by atoms with E-state index in [1.165, 1.54) is 5.56 Å². The van der Waals surface area contributed by atoms with Crippen molar-refractivity contribution >= 4 is 5.82 Å². The largest absolute Gasteiger partial charge is 0.384 e. The summed E-state index contributed by atoms with van der Waals surface area (Å²) in [6.45, 7) is 5.01. The van der Waals surface area contributed by atoms with Gasteiger partial charge in [0.25, 0.3) is 0 Å². The fourth-order valence-corrected chi connectivity index (χ4v) is 1.83. The quantitative estimate of drug-likeness (QED) is 0.595. The molecule has 1 saturated heterocycles. The van der Waals surface area contributed by atoms with Gasteiger partial charge in [-0.05, 0) is 18.6 Å². The third-order valence-electron chi connectivity index (χ3n) is 2.56. The van der Waals surface area contributed by atoms with E-state index in [4.69, 9.17) is 5.73 Å². The molecular weight excluding hydrogens is 176 g/mol. The fraction of sp³-hybridized carbons (Fsp3) is 0.500. The van der Waals surface area contributed by atoms with Crippen LogP contribution < -0.4 is 16.4 Å². The van der Waals surface area contributed by atoms with Crippen molar-refractivity contribution in [2.75, 3.05) is 25.4 Å². The lowest BCUT2D eigenvalue weighted by molar-refractivity contribution is 0.428. The Hall–Kier alpha value is -1.13. The first-order chi connectivity index (χ1) is 6.77. The molecule has 76 valence electrons. The second-order valence-corrected chi connectivity index (χ2v) is 3.62. The Morgan fingerprint density at radius 3 is 2.93 bits per heavy atom. The summed E-state index contributed by atoms with van der Waals surface area (Å²) in [5, 5.41) is 6.81. The average Bonchev–Trinajstić information content (AvgIpc) is 2.19. The summed E-state index contributed by atoms with van der Waals surface area (Å²) >= 11 is 0. The van der Waals surface area contributed by atoms with Gasteiger partial charge in [-0.2, -0.15) is 0 Å². The summed E-state index contributed by atoms with van der Waals surface area (Å²) in [6, 6.07) is 4.29. The van der Waals surface area contributed by atoms with E-state index in [2.05, 4.69) is 21.7 Å². The van der Waals surface area contributed by atoms with Crippen LogP contribution in [0, 0.1) is 6.92 Å². The number of aryl methyl sites for hydroxylation is 1. The van der Waals surface area contributed by atoms with E-state index < -0.39 is 0 Å². The van der Waals surface area contributed by atoms with Gasteiger partial charge in [0.15, 0.2) is 0 Å². The standard InChI is InChI=1S/C10H16N4/c1-7-8(2-3-10(11)14-7)9-6-12-4-5-13-9/h2-3,9,12-13H,4-6H2,1H3,(H2,11,14)/t9-/m0/s1. The summed E-state index contributed by atoms with van der Waals surface area (Å²) in [7, 11) is 0. The van der Waals surface area contributed by atoms with Crippen LogP contribution in [0.3, 0.4) is 0 Å².